The molecule has 14 heavy (non-hydrogen) atoms. The van der Waals surface area contributed by atoms with Crippen LogP contribution in [0.3, 0.4) is 0 Å². The maximum atomic E-state index is 5.63. The molecular formula is C12H12N2. The number of rotatable bonds is 1. The van der Waals surface area contributed by atoms with Gasteiger partial charge in [0.15, 0.2) is 0 Å². The van der Waals surface area contributed by atoms with Crippen molar-refractivity contribution < 1.29 is 0 Å². The van der Waals surface area contributed by atoms with Crippen molar-refractivity contribution in [3.63, 3.8) is 0 Å². The second-order valence-corrected chi connectivity index (χ2v) is 3.26. The number of nitrogens with two attached hydrogens (primary N) is 1. The Morgan fingerprint density at radius 1 is 1.00 bits per heavy atom. The normalized spacial score (nSPS) is 10.1. The summed E-state index contributed by atoms with van der Waals surface area (Å²) in [4.78, 5) is 4.28. The van der Waals surface area contributed by atoms with E-state index in [-0.39, 0.29) is 0 Å². The second kappa shape index (κ2) is 3.50. The van der Waals surface area contributed by atoms with E-state index in [0.717, 1.165) is 11.3 Å². The zero-order valence-electron chi connectivity index (χ0n) is 8.07. The van der Waals surface area contributed by atoms with E-state index in [1.807, 2.05) is 24.3 Å². The Morgan fingerprint density at radius 3 is 2.50 bits per heavy atom. The quantitative estimate of drug-likeness (QED) is 0.740. The van der Waals surface area contributed by atoms with Crippen LogP contribution in [0.1, 0.15) is 5.56 Å². The van der Waals surface area contributed by atoms with Crippen molar-refractivity contribution in [3.8, 4) is 11.3 Å². The van der Waals surface area contributed by atoms with Crippen LogP contribution in [0.15, 0.2) is 42.5 Å². The number of pyridine rings is 1. The molecule has 0 spiro atoms. The summed E-state index contributed by atoms with van der Waals surface area (Å²) < 4.78 is 0. The molecule has 2 N–H and O–H groups in total. The molecule has 1 aromatic heterocycles. The van der Waals surface area contributed by atoms with E-state index < -0.39 is 0 Å². The van der Waals surface area contributed by atoms with Crippen molar-refractivity contribution in [2.75, 3.05) is 5.73 Å². The molecular weight excluding hydrogens is 172 g/mol. The van der Waals surface area contributed by atoms with E-state index in [9.17, 15) is 0 Å². The molecule has 0 aliphatic heterocycles. The van der Waals surface area contributed by atoms with Crippen molar-refractivity contribution in [2.45, 2.75) is 6.92 Å². The topological polar surface area (TPSA) is 38.9 Å². The number of aromatic nitrogens is 1. The summed E-state index contributed by atoms with van der Waals surface area (Å²) in [5.41, 5.74) is 8.92. The highest BCUT2D eigenvalue weighted by atomic mass is 14.8. The van der Waals surface area contributed by atoms with Gasteiger partial charge >= 0.3 is 0 Å². The van der Waals surface area contributed by atoms with Crippen LogP contribution in [0.4, 0.5) is 5.82 Å². The van der Waals surface area contributed by atoms with Gasteiger partial charge in [0.2, 0.25) is 0 Å². The first-order valence-electron chi connectivity index (χ1n) is 4.56. The van der Waals surface area contributed by atoms with Gasteiger partial charge in [-0.2, -0.15) is 0 Å². The van der Waals surface area contributed by atoms with Crippen LogP contribution >= 0.6 is 0 Å². The summed E-state index contributed by atoms with van der Waals surface area (Å²) in [6, 6.07) is 13.8. The van der Waals surface area contributed by atoms with Crippen LogP contribution < -0.4 is 5.73 Å². The maximum Gasteiger partial charge on any atom is 0.124 e. The largest absolute Gasteiger partial charge is 0.384 e. The van der Waals surface area contributed by atoms with E-state index in [0.29, 0.717) is 5.82 Å². The smallest absolute Gasteiger partial charge is 0.124 e. The standard InChI is InChI=1S/C12H12N2/c1-9-5-2-3-6-10(9)11-7-4-8-12(13)14-11/h2-8H,1H3,(H2,13,14). The predicted molar refractivity (Wildman–Crippen MR) is 58.8 cm³/mol. The van der Waals surface area contributed by atoms with Gasteiger partial charge in [0.25, 0.3) is 0 Å². The van der Waals surface area contributed by atoms with Gasteiger partial charge in [-0.25, -0.2) is 4.98 Å². The molecule has 70 valence electrons. The van der Waals surface area contributed by atoms with Crippen LogP contribution in [0.2, 0.25) is 0 Å². The Labute approximate surface area is 83.4 Å². The fourth-order valence-corrected chi connectivity index (χ4v) is 1.46. The predicted octanol–water partition coefficient (Wildman–Crippen LogP) is 2.64. The average molecular weight is 184 g/mol. The van der Waals surface area contributed by atoms with Gasteiger partial charge in [-0.1, -0.05) is 30.3 Å². The Bertz CT molecular complexity index is 450. The first-order valence-corrected chi connectivity index (χ1v) is 4.56. The van der Waals surface area contributed by atoms with Gasteiger partial charge in [0, 0.05) is 5.56 Å². The van der Waals surface area contributed by atoms with Gasteiger partial charge in [0.05, 0.1) is 5.69 Å². The average Bonchev–Trinajstić information content (AvgIpc) is 2.18. The van der Waals surface area contributed by atoms with E-state index >= 15 is 0 Å². The summed E-state index contributed by atoms with van der Waals surface area (Å²) >= 11 is 0. The lowest BCUT2D eigenvalue weighted by atomic mass is 10.1. The van der Waals surface area contributed by atoms with Crippen LogP contribution in [-0.2, 0) is 0 Å². The molecule has 0 saturated heterocycles. The molecule has 0 radical (unpaired) electrons. The van der Waals surface area contributed by atoms with Crippen LogP contribution in [-0.4, -0.2) is 4.98 Å². The number of nitrogens with zero attached hydrogens (tertiary/aromatic N) is 1. The van der Waals surface area contributed by atoms with E-state index in [4.69, 9.17) is 5.73 Å². The van der Waals surface area contributed by atoms with Crippen LogP contribution in [0.5, 0.6) is 0 Å². The van der Waals surface area contributed by atoms with Crippen molar-refractivity contribution in [2.24, 2.45) is 0 Å². The number of hydrogen-bond acceptors (Lipinski definition) is 2. The van der Waals surface area contributed by atoms with Gasteiger partial charge < -0.3 is 5.73 Å². The molecule has 0 atom stereocenters. The first kappa shape index (κ1) is 8.75. The first-order chi connectivity index (χ1) is 6.77. The summed E-state index contributed by atoms with van der Waals surface area (Å²) in [7, 11) is 0. The Hall–Kier alpha value is -1.83. The van der Waals surface area contributed by atoms with Gasteiger partial charge in [-0.05, 0) is 24.6 Å². The fraction of sp³-hybridized carbons (Fsp3) is 0.0833. The highest BCUT2D eigenvalue weighted by molar-refractivity contribution is 5.64. The monoisotopic (exact) mass is 184 g/mol. The summed E-state index contributed by atoms with van der Waals surface area (Å²) in [6.45, 7) is 2.07. The van der Waals surface area contributed by atoms with E-state index in [1.165, 1.54) is 5.56 Å². The van der Waals surface area contributed by atoms with Crippen molar-refractivity contribution in [1.29, 1.82) is 0 Å². The molecule has 0 bridgehead atoms. The van der Waals surface area contributed by atoms with Crippen molar-refractivity contribution >= 4 is 5.82 Å². The number of aryl methyl sites for hydroxylation is 1. The van der Waals surface area contributed by atoms with Gasteiger partial charge in [-0.3, -0.25) is 0 Å². The molecule has 2 rings (SSSR count). The third-order valence-corrected chi connectivity index (χ3v) is 2.19. The highest BCUT2D eigenvalue weighted by Crippen LogP contribution is 2.21. The molecule has 1 aromatic carbocycles. The molecule has 0 unspecified atom stereocenters. The molecule has 2 heteroatoms. The van der Waals surface area contributed by atoms with Crippen LogP contribution in [0, 0.1) is 6.92 Å². The van der Waals surface area contributed by atoms with E-state index in [1.54, 1.807) is 6.07 Å². The lowest BCUT2D eigenvalue weighted by Gasteiger charge is -2.04. The number of nitrogen functional groups attached to an aromatic ring is 1. The highest BCUT2D eigenvalue weighted by Gasteiger charge is 2.01. The minimum atomic E-state index is 0.561. The molecule has 0 fully saturated rings. The third-order valence-electron chi connectivity index (χ3n) is 2.19. The van der Waals surface area contributed by atoms with Crippen LogP contribution in [0.25, 0.3) is 11.3 Å². The van der Waals surface area contributed by atoms with Gasteiger partial charge in [0.1, 0.15) is 5.82 Å². The Balaban J connectivity index is 2.55. The fourth-order valence-electron chi connectivity index (χ4n) is 1.46. The lowest BCUT2D eigenvalue weighted by molar-refractivity contribution is 1.31. The lowest BCUT2D eigenvalue weighted by Crippen LogP contribution is -1.92. The number of benzene rings is 1. The molecule has 0 amide bonds. The zero-order valence-corrected chi connectivity index (χ0v) is 8.07. The Morgan fingerprint density at radius 2 is 1.79 bits per heavy atom. The SMILES string of the molecule is Cc1ccccc1-c1cccc(N)n1. The molecule has 2 nitrogen and oxygen atoms in total. The summed E-state index contributed by atoms with van der Waals surface area (Å²) in [5, 5.41) is 0. The van der Waals surface area contributed by atoms with Gasteiger partial charge in [-0.15, -0.1) is 0 Å². The van der Waals surface area contributed by atoms with Crippen molar-refractivity contribution in [3.05, 3.63) is 48.0 Å². The van der Waals surface area contributed by atoms with E-state index in [2.05, 4.69) is 24.0 Å². The maximum absolute atomic E-state index is 5.63. The molecule has 2 aromatic rings. The molecule has 1 heterocycles. The summed E-state index contributed by atoms with van der Waals surface area (Å²) in [5.74, 6) is 0.561. The molecule has 0 aliphatic carbocycles. The zero-order chi connectivity index (χ0) is 9.97. The van der Waals surface area contributed by atoms with Crippen molar-refractivity contribution in [1.82, 2.24) is 4.98 Å². The third kappa shape index (κ3) is 1.59. The molecule has 0 saturated carbocycles. The summed E-state index contributed by atoms with van der Waals surface area (Å²) in [6.07, 6.45) is 0. The molecule has 0 aliphatic rings. The minimum absolute atomic E-state index is 0.561. The number of hydrogen-bond donors (Lipinski definition) is 1. The Kier molecular flexibility index (Phi) is 2.19. The second-order valence-electron chi connectivity index (χ2n) is 3.26. The number of anilines is 1. The minimum Gasteiger partial charge on any atom is -0.384 e.